The van der Waals surface area contributed by atoms with E-state index in [0.717, 1.165) is 19.3 Å². The van der Waals surface area contributed by atoms with Crippen LogP contribution < -0.4 is 0 Å². The van der Waals surface area contributed by atoms with E-state index in [1.54, 1.807) is 0 Å². The molecule has 8 atom stereocenters. The van der Waals surface area contributed by atoms with E-state index < -0.39 is 22.9 Å². The van der Waals surface area contributed by atoms with Gasteiger partial charge in [0.2, 0.25) is 6.29 Å². The average Bonchev–Trinajstić information content (AvgIpc) is 3.28. The summed E-state index contributed by atoms with van der Waals surface area (Å²) in [6.07, 6.45) is 3.09. The van der Waals surface area contributed by atoms with Gasteiger partial charge in [-0.1, -0.05) is 27.7 Å². The molecule has 2 heterocycles. The van der Waals surface area contributed by atoms with Crippen LogP contribution in [0.4, 0.5) is 0 Å². The van der Waals surface area contributed by atoms with Crippen molar-refractivity contribution < 1.29 is 38.1 Å². The normalized spacial score (nSPS) is 46.1. The largest absolute Gasteiger partial charge is 0.464 e. The molecule has 0 aromatic carbocycles. The molecule has 0 aromatic heterocycles. The molecule has 0 radical (unpaired) electrons. The number of esters is 2. The second-order valence-electron chi connectivity index (χ2n) is 11.4. The fourth-order valence-electron chi connectivity index (χ4n) is 8.05. The maximum Gasteiger partial charge on any atom is 0.305 e. The molecule has 4 fully saturated rings. The molecule has 8 nitrogen and oxygen atoms in total. The molecule has 4 rings (SSSR count). The molecule has 2 saturated carbocycles. The maximum atomic E-state index is 11.9. The predicted octanol–water partition coefficient (Wildman–Crippen LogP) is 3.54. The van der Waals surface area contributed by atoms with Crippen LogP contribution in [0.3, 0.4) is 0 Å². The summed E-state index contributed by atoms with van der Waals surface area (Å²) in [6.45, 7) is 12.5. The highest BCUT2D eigenvalue weighted by atomic mass is 16.7. The van der Waals surface area contributed by atoms with Crippen molar-refractivity contribution in [2.24, 2.45) is 22.7 Å². The van der Waals surface area contributed by atoms with Crippen molar-refractivity contribution in [2.75, 3.05) is 6.61 Å². The minimum absolute atomic E-state index is 0.0749. The topological polar surface area (TPSA) is 97.4 Å². The molecule has 8 heteroatoms. The van der Waals surface area contributed by atoms with Gasteiger partial charge in [-0.05, 0) is 38.0 Å². The van der Waals surface area contributed by atoms with Crippen LogP contribution in [0.1, 0.15) is 80.1 Å². The van der Waals surface area contributed by atoms with Crippen molar-refractivity contribution in [1.29, 1.82) is 0 Å². The molecule has 0 bridgehead atoms. The summed E-state index contributed by atoms with van der Waals surface area (Å²) < 4.78 is 29.9. The van der Waals surface area contributed by atoms with E-state index in [9.17, 15) is 14.4 Å². The summed E-state index contributed by atoms with van der Waals surface area (Å²) in [5, 5.41) is 0. The number of carbonyl (C=O) groups excluding carboxylic acids is 3. The van der Waals surface area contributed by atoms with Crippen LogP contribution in [-0.2, 0) is 38.1 Å². The van der Waals surface area contributed by atoms with E-state index in [4.69, 9.17) is 23.7 Å². The van der Waals surface area contributed by atoms with Gasteiger partial charge in [0.05, 0.1) is 12.2 Å². The van der Waals surface area contributed by atoms with E-state index in [2.05, 4.69) is 27.7 Å². The van der Waals surface area contributed by atoms with E-state index in [1.807, 2.05) is 0 Å². The number of carbonyl (C=O) groups is 3. The van der Waals surface area contributed by atoms with Crippen LogP contribution in [0, 0.1) is 22.7 Å². The fraction of sp³-hybridized carbons (Fsp3) is 0.880. The number of rotatable bonds is 4. The molecule has 0 aromatic rings. The minimum Gasteiger partial charge on any atom is -0.464 e. The van der Waals surface area contributed by atoms with Gasteiger partial charge < -0.3 is 23.7 Å². The molecule has 0 amide bonds. The van der Waals surface area contributed by atoms with Gasteiger partial charge in [0.1, 0.15) is 17.8 Å². The van der Waals surface area contributed by atoms with E-state index in [1.165, 1.54) is 13.8 Å². The lowest BCUT2D eigenvalue weighted by Crippen LogP contribution is -2.69. The second kappa shape index (κ2) is 8.22. The molecule has 186 valence electrons. The van der Waals surface area contributed by atoms with Crippen LogP contribution in [0.5, 0.6) is 0 Å². The molecule has 2 spiro atoms. The van der Waals surface area contributed by atoms with Crippen LogP contribution >= 0.6 is 0 Å². The first kappa shape index (κ1) is 24.5. The lowest BCUT2D eigenvalue weighted by atomic mass is 9.43. The number of hydrogen-bond acceptors (Lipinski definition) is 8. The van der Waals surface area contributed by atoms with Crippen LogP contribution in [0.15, 0.2) is 0 Å². The lowest BCUT2D eigenvalue weighted by Gasteiger charge is -2.66. The fourth-order valence-corrected chi connectivity index (χ4v) is 8.05. The van der Waals surface area contributed by atoms with Gasteiger partial charge in [-0.25, -0.2) is 0 Å². The van der Waals surface area contributed by atoms with Crippen molar-refractivity contribution in [3.63, 3.8) is 0 Å². The number of hydrogen-bond donors (Lipinski definition) is 0. The predicted molar refractivity (Wildman–Crippen MR) is 117 cm³/mol. The van der Waals surface area contributed by atoms with Crippen molar-refractivity contribution in [1.82, 2.24) is 0 Å². The zero-order chi connectivity index (χ0) is 24.2. The first-order chi connectivity index (χ1) is 15.4. The Labute approximate surface area is 196 Å². The zero-order valence-corrected chi connectivity index (χ0v) is 20.7. The van der Waals surface area contributed by atoms with Gasteiger partial charge in [-0.3, -0.25) is 14.4 Å². The third-order valence-electron chi connectivity index (χ3n) is 9.30. The van der Waals surface area contributed by atoms with E-state index >= 15 is 0 Å². The molecule has 0 N–H and O–H groups in total. The smallest absolute Gasteiger partial charge is 0.305 e. The van der Waals surface area contributed by atoms with Gasteiger partial charge in [0.25, 0.3) is 6.47 Å². The number of ether oxygens (including phenoxy) is 5. The first-order valence-corrected chi connectivity index (χ1v) is 12.2. The zero-order valence-electron chi connectivity index (χ0n) is 20.7. The highest BCUT2D eigenvalue weighted by Crippen LogP contribution is 2.69. The Morgan fingerprint density at radius 3 is 2.33 bits per heavy atom. The molecule has 4 aliphatic rings. The molecule has 8 unspecified atom stereocenters. The van der Waals surface area contributed by atoms with E-state index in [0.29, 0.717) is 32.3 Å². The van der Waals surface area contributed by atoms with Crippen molar-refractivity contribution in [2.45, 2.75) is 110 Å². The third kappa shape index (κ3) is 3.59. The van der Waals surface area contributed by atoms with Crippen LogP contribution in [-0.4, -0.2) is 54.7 Å². The molecule has 2 saturated heterocycles. The van der Waals surface area contributed by atoms with Crippen molar-refractivity contribution >= 4 is 18.4 Å². The molecular formula is C25H38O8. The third-order valence-corrected chi connectivity index (χ3v) is 9.30. The van der Waals surface area contributed by atoms with Gasteiger partial charge in [0, 0.05) is 37.0 Å². The van der Waals surface area contributed by atoms with Gasteiger partial charge in [0.15, 0.2) is 0 Å². The summed E-state index contributed by atoms with van der Waals surface area (Å²) >= 11 is 0. The molecular weight excluding hydrogens is 428 g/mol. The second-order valence-corrected chi connectivity index (χ2v) is 11.4. The summed E-state index contributed by atoms with van der Waals surface area (Å²) in [5.41, 5.74) is -1.93. The Morgan fingerprint density at radius 2 is 1.70 bits per heavy atom. The number of fused-ring (bicyclic) bond motifs is 2. The summed E-state index contributed by atoms with van der Waals surface area (Å²) in [4.78, 5) is 35.1. The van der Waals surface area contributed by atoms with Gasteiger partial charge in [-0.15, -0.1) is 0 Å². The Kier molecular flexibility index (Phi) is 6.09. The summed E-state index contributed by atoms with van der Waals surface area (Å²) in [7, 11) is 0. The quantitative estimate of drug-likeness (QED) is 0.353. The molecule has 2 aliphatic heterocycles. The first-order valence-electron chi connectivity index (χ1n) is 12.2. The van der Waals surface area contributed by atoms with Gasteiger partial charge in [-0.2, -0.15) is 0 Å². The molecule has 2 aliphatic carbocycles. The van der Waals surface area contributed by atoms with Crippen LogP contribution in [0.2, 0.25) is 0 Å². The average molecular weight is 467 g/mol. The summed E-state index contributed by atoms with van der Waals surface area (Å²) in [5.74, 6) is -0.641. The standard InChI is InChI=1S/C25H38O8/c1-15-13-18(30-14-26)20-22(4,5)19(31-16(2)27)7-8-23(20,6)25(15)10-9-24(33-25)11-12-29-21(24)32-17(3)28/h14-15,18-21H,7-13H2,1-6H3. The Balaban J connectivity index is 1.74. The maximum absolute atomic E-state index is 11.9. The van der Waals surface area contributed by atoms with Gasteiger partial charge >= 0.3 is 11.9 Å². The van der Waals surface area contributed by atoms with E-state index in [-0.39, 0.29) is 41.4 Å². The highest BCUT2D eigenvalue weighted by molar-refractivity contribution is 5.66. The lowest BCUT2D eigenvalue weighted by molar-refractivity contribution is -0.301. The minimum atomic E-state index is -0.710. The summed E-state index contributed by atoms with van der Waals surface area (Å²) in [6, 6.07) is 0. The van der Waals surface area contributed by atoms with Crippen LogP contribution in [0.25, 0.3) is 0 Å². The highest BCUT2D eigenvalue weighted by Gasteiger charge is 2.73. The Morgan fingerprint density at radius 1 is 1.00 bits per heavy atom. The monoisotopic (exact) mass is 466 g/mol. The van der Waals surface area contributed by atoms with Crippen molar-refractivity contribution in [3.8, 4) is 0 Å². The Hall–Kier alpha value is -1.67. The Bertz CT molecular complexity index is 810. The van der Waals surface area contributed by atoms with Crippen molar-refractivity contribution in [3.05, 3.63) is 0 Å². The molecule has 33 heavy (non-hydrogen) atoms. The SMILES string of the molecule is CC(=O)OC1OCCC12CCC1(O2)C(C)CC(OC=O)C2C(C)(C)C(OC(C)=O)CCC21C.